The van der Waals surface area contributed by atoms with Crippen molar-refractivity contribution in [2.75, 3.05) is 32.7 Å². The molecule has 1 atom stereocenters. The minimum atomic E-state index is -5.09. The summed E-state index contributed by atoms with van der Waals surface area (Å²) in [6, 6.07) is 16.8. The molecule has 7 nitrogen and oxygen atoms in total. The SMILES string of the molecule is O=C(CN1CCCN(C(=O)C(Cc2ccccc2)NC(=O)C(F)(F)F)CC1)NCc1ccccc1. The molecule has 3 amide bonds. The lowest BCUT2D eigenvalue weighted by atomic mass is 10.0. The van der Waals surface area contributed by atoms with E-state index in [1.165, 1.54) is 4.90 Å². The molecule has 1 saturated heterocycles. The second-order valence-corrected chi connectivity index (χ2v) is 8.43. The van der Waals surface area contributed by atoms with Crippen LogP contribution < -0.4 is 10.6 Å². The highest BCUT2D eigenvalue weighted by Crippen LogP contribution is 2.16. The van der Waals surface area contributed by atoms with Crippen LogP contribution in [0.15, 0.2) is 60.7 Å². The molecule has 0 saturated carbocycles. The zero-order valence-corrected chi connectivity index (χ0v) is 19.3. The molecule has 1 fully saturated rings. The average Bonchev–Trinajstić information content (AvgIpc) is 3.08. The van der Waals surface area contributed by atoms with Gasteiger partial charge in [0, 0.05) is 39.1 Å². The molecule has 0 radical (unpaired) electrons. The predicted octanol–water partition coefficient (Wildman–Crippen LogP) is 2.13. The van der Waals surface area contributed by atoms with Gasteiger partial charge in [0.2, 0.25) is 11.8 Å². The lowest BCUT2D eigenvalue weighted by Gasteiger charge is -2.27. The van der Waals surface area contributed by atoms with Gasteiger partial charge in [-0.1, -0.05) is 60.7 Å². The lowest BCUT2D eigenvalue weighted by Crippen LogP contribution is -2.53. The van der Waals surface area contributed by atoms with E-state index in [-0.39, 0.29) is 25.4 Å². The zero-order valence-electron chi connectivity index (χ0n) is 19.3. The number of alkyl halides is 3. The number of hydrogen-bond acceptors (Lipinski definition) is 4. The van der Waals surface area contributed by atoms with E-state index in [2.05, 4.69) is 5.32 Å². The Bertz CT molecular complexity index is 986. The number of hydrogen-bond donors (Lipinski definition) is 2. The largest absolute Gasteiger partial charge is 0.471 e. The molecule has 35 heavy (non-hydrogen) atoms. The summed E-state index contributed by atoms with van der Waals surface area (Å²) in [6.07, 6.45) is -4.58. The van der Waals surface area contributed by atoms with Gasteiger partial charge in [-0.2, -0.15) is 13.2 Å². The Kier molecular flexibility index (Phi) is 9.25. The van der Waals surface area contributed by atoms with E-state index in [1.807, 2.05) is 40.5 Å². The van der Waals surface area contributed by atoms with Crippen molar-refractivity contribution >= 4 is 17.7 Å². The third-order valence-electron chi connectivity index (χ3n) is 5.74. The normalized spacial score (nSPS) is 15.7. The van der Waals surface area contributed by atoms with E-state index >= 15 is 0 Å². The highest BCUT2D eigenvalue weighted by Gasteiger charge is 2.41. The van der Waals surface area contributed by atoms with Crippen LogP contribution in [0.25, 0.3) is 0 Å². The Balaban J connectivity index is 1.57. The molecule has 10 heteroatoms. The molecule has 0 aliphatic carbocycles. The summed E-state index contributed by atoms with van der Waals surface area (Å²) in [4.78, 5) is 40.5. The number of rotatable bonds is 8. The molecule has 1 aliphatic heterocycles. The average molecular weight is 491 g/mol. The molecule has 0 bridgehead atoms. The summed E-state index contributed by atoms with van der Waals surface area (Å²) in [5.41, 5.74) is 1.62. The number of nitrogens with one attached hydrogen (secondary N) is 2. The second-order valence-electron chi connectivity index (χ2n) is 8.43. The molecule has 0 spiro atoms. The van der Waals surface area contributed by atoms with Crippen LogP contribution in [-0.4, -0.2) is 72.5 Å². The highest BCUT2D eigenvalue weighted by atomic mass is 19.4. The first-order valence-electron chi connectivity index (χ1n) is 11.5. The Labute approximate surface area is 202 Å². The summed E-state index contributed by atoms with van der Waals surface area (Å²) < 4.78 is 38.6. The fourth-order valence-electron chi connectivity index (χ4n) is 3.92. The third-order valence-corrected chi connectivity index (χ3v) is 5.74. The van der Waals surface area contributed by atoms with Gasteiger partial charge < -0.3 is 15.5 Å². The maximum absolute atomic E-state index is 13.2. The highest BCUT2D eigenvalue weighted by molar-refractivity contribution is 5.90. The van der Waals surface area contributed by atoms with Gasteiger partial charge in [-0.15, -0.1) is 0 Å². The first-order valence-corrected chi connectivity index (χ1v) is 11.5. The van der Waals surface area contributed by atoms with Crippen LogP contribution in [0.3, 0.4) is 0 Å². The van der Waals surface area contributed by atoms with Crippen molar-refractivity contribution < 1.29 is 27.6 Å². The molecule has 2 N–H and O–H groups in total. The third kappa shape index (κ3) is 8.40. The van der Waals surface area contributed by atoms with E-state index < -0.39 is 24.0 Å². The van der Waals surface area contributed by atoms with Gasteiger partial charge >= 0.3 is 12.1 Å². The first kappa shape index (κ1) is 26.2. The van der Waals surface area contributed by atoms with E-state index in [9.17, 15) is 27.6 Å². The summed E-state index contributed by atoms with van der Waals surface area (Å²) in [5.74, 6) is -2.85. The molecular weight excluding hydrogens is 461 g/mol. The number of carbonyl (C=O) groups is 3. The second kappa shape index (κ2) is 12.3. The smallest absolute Gasteiger partial charge is 0.351 e. The summed E-state index contributed by atoms with van der Waals surface area (Å²) in [7, 11) is 0. The quantitative estimate of drug-likeness (QED) is 0.594. The Morgan fingerprint density at radius 1 is 0.857 bits per heavy atom. The molecule has 1 heterocycles. The van der Waals surface area contributed by atoms with Crippen molar-refractivity contribution in [3.05, 3.63) is 71.8 Å². The predicted molar refractivity (Wildman–Crippen MR) is 124 cm³/mol. The van der Waals surface area contributed by atoms with Crippen molar-refractivity contribution in [2.24, 2.45) is 0 Å². The van der Waals surface area contributed by atoms with Crippen LogP contribution in [-0.2, 0) is 27.3 Å². The van der Waals surface area contributed by atoms with E-state index in [4.69, 9.17) is 0 Å². The Morgan fingerprint density at radius 3 is 2.11 bits per heavy atom. The molecule has 1 aliphatic rings. The zero-order chi connectivity index (χ0) is 25.3. The first-order chi connectivity index (χ1) is 16.7. The van der Waals surface area contributed by atoms with Gasteiger partial charge in [0.25, 0.3) is 0 Å². The Hall–Kier alpha value is -3.40. The number of nitrogens with zero attached hydrogens (tertiary/aromatic N) is 2. The Morgan fingerprint density at radius 2 is 1.49 bits per heavy atom. The number of amides is 3. The van der Waals surface area contributed by atoms with Crippen LogP contribution in [0.5, 0.6) is 0 Å². The topological polar surface area (TPSA) is 81.8 Å². The van der Waals surface area contributed by atoms with Crippen LogP contribution >= 0.6 is 0 Å². The minimum absolute atomic E-state index is 0.0520. The molecular formula is C25H29F3N4O3. The summed E-state index contributed by atoms with van der Waals surface area (Å²) in [6.45, 7) is 2.12. The monoisotopic (exact) mass is 490 g/mol. The molecule has 2 aromatic carbocycles. The van der Waals surface area contributed by atoms with Crippen molar-refractivity contribution in [2.45, 2.75) is 31.6 Å². The fourth-order valence-corrected chi connectivity index (χ4v) is 3.92. The van der Waals surface area contributed by atoms with Crippen LogP contribution in [0.1, 0.15) is 17.5 Å². The van der Waals surface area contributed by atoms with E-state index in [0.717, 1.165) is 5.56 Å². The summed E-state index contributed by atoms with van der Waals surface area (Å²) in [5, 5.41) is 4.73. The minimum Gasteiger partial charge on any atom is -0.351 e. The molecule has 2 aromatic rings. The van der Waals surface area contributed by atoms with Crippen LogP contribution in [0, 0.1) is 0 Å². The van der Waals surface area contributed by atoms with Gasteiger partial charge in [-0.05, 0) is 17.5 Å². The summed E-state index contributed by atoms with van der Waals surface area (Å²) >= 11 is 0. The van der Waals surface area contributed by atoms with Crippen molar-refractivity contribution in [3.8, 4) is 0 Å². The standard InChI is InChI=1S/C25H29F3N4O3/c26-25(27,28)24(35)30-21(16-19-8-3-1-4-9-19)23(34)32-13-7-12-31(14-15-32)18-22(33)29-17-20-10-5-2-6-11-20/h1-6,8-11,21H,7,12-18H2,(H,29,33)(H,30,35). The van der Waals surface area contributed by atoms with Gasteiger partial charge in [0.05, 0.1) is 6.54 Å². The maximum atomic E-state index is 13.2. The number of halogens is 3. The number of benzene rings is 2. The fraction of sp³-hybridized carbons (Fsp3) is 0.400. The molecule has 188 valence electrons. The molecule has 3 rings (SSSR count). The van der Waals surface area contributed by atoms with Gasteiger partial charge in [0.15, 0.2) is 0 Å². The van der Waals surface area contributed by atoms with E-state index in [1.54, 1.807) is 30.3 Å². The van der Waals surface area contributed by atoms with Gasteiger partial charge in [-0.3, -0.25) is 19.3 Å². The maximum Gasteiger partial charge on any atom is 0.471 e. The van der Waals surface area contributed by atoms with Crippen LogP contribution in [0.2, 0.25) is 0 Å². The number of carbonyl (C=O) groups excluding carboxylic acids is 3. The molecule has 1 unspecified atom stereocenters. The van der Waals surface area contributed by atoms with Crippen molar-refractivity contribution in [1.82, 2.24) is 20.4 Å². The molecule has 0 aromatic heterocycles. The van der Waals surface area contributed by atoms with E-state index in [0.29, 0.717) is 38.2 Å². The van der Waals surface area contributed by atoms with Gasteiger partial charge in [0.1, 0.15) is 6.04 Å². The van der Waals surface area contributed by atoms with Crippen LogP contribution in [0.4, 0.5) is 13.2 Å². The van der Waals surface area contributed by atoms with Crippen molar-refractivity contribution in [3.63, 3.8) is 0 Å². The van der Waals surface area contributed by atoms with Crippen molar-refractivity contribution in [1.29, 1.82) is 0 Å². The lowest BCUT2D eigenvalue weighted by molar-refractivity contribution is -0.175. The van der Waals surface area contributed by atoms with Gasteiger partial charge in [-0.25, -0.2) is 0 Å².